The van der Waals surface area contributed by atoms with Crippen LogP contribution in [0, 0.1) is 0 Å². The second-order valence-electron chi connectivity index (χ2n) is 5.56. The lowest BCUT2D eigenvalue weighted by Crippen LogP contribution is -2.37. The van der Waals surface area contributed by atoms with Crippen LogP contribution in [0.4, 0.5) is 17.1 Å². The third kappa shape index (κ3) is 0.935. The lowest BCUT2D eigenvalue weighted by atomic mass is 10.1. The normalized spacial score (nSPS) is 23.1. The molecular weight excluding hydrogens is 272 g/mol. The molecule has 5 rings (SSSR count). The fourth-order valence-electron chi connectivity index (χ4n) is 3.76. The summed E-state index contributed by atoms with van der Waals surface area (Å²) in [6.45, 7) is 0. The van der Waals surface area contributed by atoms with Crippen molar-refractivity contribution in [2.75, 3.05) is 16.8 Å². The third-order valence-electron chi connectivity index (χ3n) is 4.65. The molecule has 0 aromatic heterocycles. The lowest BCUT2D eigenvalue weighted by Gasteiger charge is -2.28. The van der Waals surface area contributed by atoms with Gasteiger partial charge in [-0.15, -0.1) is 0 Å². The van der Waals surface area contributed by atoms with Gasteiger partial charge in [0.1, 0.15) is 6.17 Å². The molecule has 1 unspecified atom stereocenters. The minimum atomic E-state index is -3.40. The summed E-state index contributed by atoms with van der Waals surface area (Å²) in [7, 11) is -1.37. The number of hydrogen-bond donors (Lipinski definition) is 0. The predicted molar refractivity (Wildman–Crippen MR) is 76.4 cm³/mol. The summed E-state index contributed by atoms with van der Waals surface area (Å²) in [5, 5.41) is 0. The van der Waals surface area contributed by atoms with Crippen LogP contribution in [0.1, 0.15) is 5.56 Å². The third-order valence-corrected chi connectivity index (χ3v) is 6.47. The van der Waals surface area contributed by atoms with E-state index in [0.29, 0.717) is 9.79 Å². The maximum atomic E-state index is 12.9. The maximum Gasteiger partial charge on any atom is 0.210 e. The smallest absolute Gasteiger partial charge is 0.210 e. The molecule has 1 atom stereocenters. The van der Waals surface area contributed by atoms with Crippen LogP contribution < -0.4 is 9.80 Å². The van der Waals surface area contributed by atoms with Crippen LogP contribution in [0.2, 0.25) is 0 Å². The van der Waals surface area contributed by atoms with Gasteiger partial charge in [-0.1, -0.05) is 18.2 Å². The van der Waals surface area contributed by atoms with E-state index in [2.05, 4.69) is 9.80 Å². The number of benzene rings is 2. The number of rotatable bonds is 0. The predicted octanol–water partition coefficient (Wildman–Crippen LogP) is 2.30. The van der Waals surface area contributed by atoms with Gasteiger partial charge in [-0.05, 0) is 23.8 Å². The van der Waals surface area contributed by atoms with E-state index in [4.69, 9.17) is 0 Å². The van der Waals surface area contributed by atoms with Gasteiger partial charge in [0.05, 0.1) is 26.9 Å². The van der Waals surface area contributed by atoms with E-state index in [-0.39, 0.29) is 6.17 Å². The molecule has 20 heavy (non-hydrogen) atoms. The summed E-state index contributed by atoms with van der Waals surface area (Å²) in [5.74, 6) is 0. The Morgan fingerprint density at radius 1 is 1.05 bits per heavy atom. The van der Waals surface area contributed by atoms with Gasteiger partial charge in [-0.2, -0.15) is 0 Å². The highest BCUT2D eigenvalue weighted by Crippen LogP contribution is 2.57. The highest BCUT2D eigenvalue weighted by molar-refractivity contribution is 7.92. The van der Waals surface area contributed by atoms with Gasteiger partial charge >= 0.3 is 0 Å². The van der Waals surface area contributed by atoms with E-state index in [1.165, 1.54) is 0 Å². The second kappa shape index (κ2) is 3.01. The maximum absolute atomic E-state index is 12.9. The quantitative estimate of drug-likeness (QED) is 0.744. The first-order valence-electron chi connectivity index (χ1n) is 6.63. The van der Waals surface area contributed by atoms with E-state index in [1.54, 1.807) is 12.1 Å². The number of sulfone groups is 1. The number of hydrogen-bond acceptors (Lipinski definition) is 4. The van der Waals surface area contributed by atoms with Crippen molar-refractivity contribution in [1.29, 1.82) is 0 Å². The summed E-state index contributed by atoms with van der Waals surface area (Å²) in [6, 6.07) is 11.2. The van der Waals surface area contributed by atoms with Crippen LogP contribution >= 0.6 is 0 Å². The largest absolute Gasteiger partial charge is 0.352 e. The molecule has 3 aliphatic heterocycles. The molecule has 3 heterocycles. The van der Waals surface area contributed by atoms with E-state index in [1.807, 2.05) is 31.3 Å². The molecule has 0 amide bonds. The number of anilines is 3. The Balaban J connectivity index is 2.02. The zero-order valence-electron chi connectivity index (χ0n) is 10.9. The molecule has 3 aliphatic rings. The first kappa shape index (κ1) is 10.7. The number of likely N-dealkylation sites (N-methyl/N-ethyl adjacent to an activating group) is 1. The molecule has 2 aromatic carbocycles. The van der Waals surface area contributed by atoms with E-state index < -0.39 is 9.84 Å². The van der Waals surface area contributed by atoms with Crippen molar-refractivity contribution >= 4 is 26.9 Å². The second-order valence-corrected chi connectivity index (χ2v) is 7.44. The van der Waals surface area contributed by atoms with E-state index in [9.17, 15) is 8.42 Å². The van der Waals surface area contributed by atoms with Gasteiger partial charge in [-0.3, -0.25) is 0 Å². The van der Waals surface area contributed by atoms with Crippen LogP contribution in [-0.2, 0) is 16.3 Å². The van der Waals surface area contributed by atoms with Crippen molar-refractivity contribution < 1.29 is 8.42 Å². The van der Waals surface area contributed by atoms with Crippen LogP contribution in [0.15, 0.2) is 46.2 Å². The van der Waals surface area contributed by atoms with Gasteiger partial charge in [0.2, 0.25) is 9.84 Å². The van der Waals surface area contributed by atoms with Crippen molar-refractivity contribution in [1.82, 2.24) is 0 Å². The van der Waals surface area contributed by atoms with Crippen molar-refractivity contribution in [2.45, 2.75) is 22.4 Å². The van der Waals surface area contributed by atoms with Gasteiger partial charge in [0, 0.05) is 13.5 Å². The van der Waals surface area contributed by atoms with Crippen LogP contribution in [0.3, 0.4) is 0 Å². The Labute approximate surface area is 117 Å². The number of para-hydroxylation sites is 2. The SMILES string of the molecule is CN1c2cccc3c2N2c4c(cccc4S3(=O)=O)CC12. The van der Waals surface area contributed by atoms with Crippen LogP contribution in [0.5, 0.6) is 0 Å². The molecule has 4 nitrogen and oxygen atoms in total. The van der Waals surface area contributed by atoms with Gasteiger partial charge in [-0.25, -0.2) is 8.42 Å². The Morgan fingerprint density at radius 3 is 2.55 bits per heavy atom. The molecule has 100 valence electrons. The average Bonchev–Trinajstić information content (AvgIpc) is 2.94. The Kier molecular flexibility index (Phi) is 1.62. The summed E-state index contributed by atoms with van der Waals surface area (Å²) in [5.41, 5.74) is 3.89. The summed E-state index contributed by atoms with van der Waals surface area (Å²) in [4.78, 5) is 5.29. The monoisotopic (exact) mass is 284 g/mol. The molecule has 0 radical (unpaired) electrons. The molecule has 0 bridgehead atoms. The van der Waals surface area contributed by atoms with Crippen molar-refractivity contribution in [3.8, 4) is 0 Å². The summed E-state index contributed by atoms with van der Waals surface area (Å²) >= 11 is 0. The van der Waals surface area contributed by atoms with Crippen molar-refractivity contribution in [3.05, 3.63) is 42.0 Å². The molecular formula is C15H12N2O2S. The van der Waals surface area contributed by atoms with Gasteiger partial charge in [0.15, 0.2) is 0 Å². The first-order valence-corrected chi connectivity index (χ1v) is 8.11. The minimum Gasteiger partial charge on any atom is -0.352 e. The molecule has 0 spiro atoms. The molecule has 5 heteroatoms. The minimum absolute atomic E-state index is 0.206. The van der Waals surface area contributed by atoms with E-state index in [0.717, 1.165) is 29.0 Å². The van der Waals surface area contributed by atoms with Gasteiger partial charge in [0.25, 0.3) is 0 Å². The molecule has 0 saturated carbocycles. The fraction of sp³-hybridized carbons (Fsp3) is 0.200. The molecule has 0 aliphatic carbocycles. The number of nitrogens with zero attached hydrogens (tertiary/aromatic N) is 2. The highest BCUT2D eigenvalue weighted by Gasteiger charge is 2.49. The molecule has 0 fully saturated rings. The molecule has 0 saturated heterocycles. The van der Waals surface area contributed by atoms with Crippen LogP contribution in [-0.4, -0.2) is 21.6 Å². The zero-order valence-corrected chi connectivity index (χ0v) is 11.7. The van der Waals surface area contributed by atoms with E-state index >= 15 is 0 Å². The van der Waals surface area contributed by atoms with Crippen molar-refractivity contribution in [2.24, 2.45) is 0 Å². The summed E-state index contributed by atoms with van der Waals surface area (Å²) < 4.78 is 25.7. The van der Waals surface area contributed by atoms with Crippen LogP contribution in [0.25, 0.3) is 0 Å². The Hall–Kier alpha value is -2.01. The van der Waals surface area contributed by atoms with Crippen molar-refractivity contribution in [3.63, 3.8) is 0 Å². The first-order chi connectivity index (χ1) is 9.60. The zero-order chi connectivity index (χ0) is 13.6. The summed E-state index contributed by atoms with van der Waals surface area (Å²) in [6.07, 6.45) is 1.07. The average molecular weight is 284 g/mol. The molecule has 2 aromatic rings. The highest BCUT2D eigenvalue weighted by atomic mass is 32.2. The topological polar surface area (TPSA) is 40.6 Å². The van der Waals surface area contributed by atoms with Gasteiger partial charge < -0.3 is 9.80 Å². The molecule has 0 N–H and O–H groups in total. The Bertz CT molecular complexity index is 889. The standard InChI is InChI=1S/C15H12N2O2S/c1-16-10-5-3-7-12-15(10)17-13(16)8-9-4-2-6-11(14(9)17)20(12,18)19/h2-7,13H,8H2,1H3. The Morgan fingerprint density at radius 2 is 1.75 bits per heavy atom. The lowest BCUT2D eigenvalue weighted by molar-refractivity contribution is 0.594. The fourth-order valence-corrected chi connectivity index (χ4v) is 5.46.